The molecule has 0 unspecified atom stereocenters. The van der Waals surface area contributed by atoms with Gasteiger partial charge in [-0.25, -0.2) is 0 Å². The van der Waals surface area contributed by atoms with Crippen molar-refractivity contribution >= 4 is 17.5 Å². The highest BCUT2D eigenvalue weighted by Crippen LogP contribution is 2.16. The van der Waals surface area contributed by atoms with Gasteiger partial charge in [-0.15, -0.1) is 0 Å². The van der Waals surface area contributed by atoms with Crippen LogP contribution in [0.15, 0.2) is 48.7 Å². The minimum Gasteiger partial charge on any atom is -0.351 e. The van der Waals surface area contributed by atoms with Crippen molar-refractivity contribution in [2.75, 3.05) is 18.0 Å². The number of rotatable bonds is 7. The van der Waals surface area contributed by atoms with Crippen LogP contribution in [0.3, 0.4) is 0 Å². The Kier molecular flexibility index (Phi) is 6.69. The van der Waals surface area contributed by atoms with Crippen LogP contribution in [0.5, 0.6) is 0 Å². The summed E-state index contributed by atoms with van der Waals surface area (Å²) >= 11 is 0. The molecule has 2 aromatic rings. The first kappa shape index (κ1) is 18.6. The number of carbonyl (C=O) groups excluding carboxylic acids is 2. The molecule has 25 heavy (non-hydrogen) atoms. The third-order valence-corrected chi connectivity index (χ3v) is 3.88. The second-order valence-electron chi connectivity index (χ2n) is 6.25. The van der Waals surface area contributed by atoms with Crippen LogP contribution in [0.1, 0.15) is 48.0 Å². The lowest BCUT2D eigenvalue weighted by atomic mass is 10.1. The van der Waals surface area contributed by atoms with Gasteiger partial charge in [0.1, 0.15) is 5.69 Å². The van der Waals surface area contributed by atoms with Crippen LogP contribution in [-0.2, 0) is 0 Å². The van der Waals surface area contributed by atoms with Gasteiger partial charge < -0.3 is 10.2 Å². The van der Waals surface area contributed by atoms with Gasteiger partial charge in [0, 0.05) is 30.5 Å². The van der Waals surface area contributed by atoms with Crippen molar-refractivity contribution in [1.29, 1.82) is 0 Å². The van der Waals surface area contributed by atoms with Gasteiger partial charge in [0.25, 0.3) is 11.8 Å². The quantitative estimate of drug-likeness (QED) is 0.839. The number of nitrogens with one attached hydrogen (secondary N) is 1. The van der Waals surface area contributed by atoms with Crippen LogP contribution in [-0.4, -0.2) is 29.9 Å². The molecule has 0 saturated carbocycles. The lowest BCUT2D eigenvalue weighted by Gasteiger charge is -2.21. The third kappa shape index (κ3) is 5.14. The second-order valence-corrected chi connectivity index (χ2v) is 6.25. The Morgan fingerprint density at radius 1 is 1.16 bits per heavy atom. The minimum atomic E-state index is -0.252. The molecule has 0 fully saturated rings. The SMILES string of the molecule is CCN(C(=O)c1ccnc(C(=O)NCCC(C)C)c1)c1ccccc1. The monoisotopic (exact) mass is 339 g/mol. The normalized spacial score (nSPS) is 10.6. The molecule has 5 nitrogen and oxygen atoms in total. The number of amides is 2. The van der Waals surface area contributed by atoms with Crippen molar-refractivity contribution in [2.45, 2.75) is 27.2 Å². The summed E-state index contributed by atoms with van der Waals surface area (Å²) in [6.45, 7) is 7.27. The van der Waals surface area contributed by atoms with Gasteiger partial charge in [0.15, 0.2) is 0 Å². The van der Waals surface area contributed by atoms with Crippen LogP contribution >= 0.6 is 0 Å². The number of nitrogens with zero attached hydrogens (tertiary/aromatic N) is 2. The Bertz CT molecular complexity index is 714. The van der Waals surface area contributed by atoms with Gasteiger partial charge in [-0.3, -0.25) is 14.6 Å². The zero-order valence-electron chi connectivity index (χ0n) is 15.0. The zero-order valence-corrected chi connectivity index (χ0v) is 15.0. The van der Waals surface area contributed by atoms with E-state index < -0.39 is 0 Å². The van der Waals surface area contributed by atoms with E-state index in [0.717, 1.165) is 12.1 Å². The molecule has 2 amide bonds. The summed E-state index contributed by atoms with van der Waals surface area (Å²) < 4.78 is 0. The molecule has 1 heterocycles. The number of benzene rings is 1. The lowest BCUT2D eigenvalue weighted by molar-refractivity contribution is 0.0947. The average Bonchev–Trinajstić information content (AvgIpc) is 2.63. The number of carbonyl (C=O) groups is 2. The van der Waals surface area contributed by atoms with Gasteiger partial charge >= 0.3 is 0 Å². The predicted octanol–water partition coefficient (Wildman–Crippen LogP) is 3.52. The summed E-state index contributed by atoms with van der Waals surface area (Å²) in [7, 11) is 0. The van der Waals surface area contributed by atoms with Gasteiger partial charge in [0.05, 0.1) is 0 Å². The van der Waals surface area contributed by atoms with E-state index >= 15 is 0 Å². The Morgan fingerprint density at radius 2 is 1.88 bits per heavy atom. The van der Waals surface area contributed by atoms with E-state index in [9.17, 15) is 9.59 Å². The van der Waals surface area contributed by atoms with Gasteiger partial charge in [0.2, 0.25) is 0 Å². The predicted molar refractivity (Wildman–Crippen MR) is 99.8 cm³/mol. The van der Waals surface area contributed by atoms with Crippen molar-refractivity contribution in [3.05, 3.63) is 59.9 Å². The number of pyridine rings is 1. The Hall–Kier alpha value is -2.69. The molecule has 0 bridgehead atoms. The summed E-state index contributed by atoms with van der Waals surface area (Å²) in [5.41, 5.74) is 1.54. The molecule has 1 aromatic heterocycles. The summed E-state index contributed by atoms with van der Waals surface area (Å²) in [5, 5.41) is 2.84. The molecular formula is C20H25N3O2. The molecule has 1 aromatic carbocycles. The summed E-state index contributed by atoms with van der Waals surface area (Å²) in [6, 6.07) is 12.7. The molecule has 0 aliphatic rings. The van der Waals surface area contributed by atoms with Crippen molar-refractivity contribution in [3.8, 4) is 0 Å². The molecule has 0 radical (unpaired) electrons. The lowest BCUT2D eigenvalue weighted by Crippen LogP contribution is -2.31. The Morgan fingerprint density at radius 3 is 2.52 bits per heavy atom. The number of hydrogen-bond acceptors (Lipinski definition) is 3. The van der Waals surface area contributed by atoms with E-state index in [-0.39, 0.29) is 17.5 Å². The Balaban J connectivity index is 2.14. The van der Waals surface area contributed by atoms with E-state index in [2.05, 4.69) is 24.1 Å². The number of aromatic nitrogens is 1. The van der Waals surface area contributed by atoms with E-state index in [4.69, 9.17) is 0 Å². The first-order chi connectivity index (χ1) is 12.0. The maximum absolute atomic E-state index is 12.8. The Labute approximate surface area is 149 Å². The summed E-state index contributed by atoms with van der Waals surface area (Å²) in [5.74, 6) is 0.121. The minimum absolute atomic E-state index is 0.146. The number of anilines is 1. The maximum atomic E-state index is 12.8. The van der Waals surface area contributed by atoms with E-state index in [1.807, 2.05) is 37.3 Å². The van der Waals surface area contributed by atoms with Crippen molar-refractivity contribution in [1.82, 2.24) is 10.3 Å². The van der Waals surface area contributed by atoms with Crippen molar-refractivity contribution in [3.63, 3.8) is 0 Å². The maximum Gasteiger partial charge on any atom is 0.269 e. The summed E-state index contributed by atoms with van der Waals surface area (Å²) in [6.07, 6.45) is 2.41. The molecule has 0 aliphatic heterocycles. The standard InChI is InChI=1S/C20H25N3O2/c1-4-23(17-8-6-5-7-9-17)20(25)16-11-13-21-18(14-16)19(24)22-12-10-15(2)3/h5-9,11,13-15H,4,10,12H2,1-3H3,(H,22,24). The highest BCUT2D eigenvalue weighted by atomic mass is 16.2. The van der Waals surface area contributed by atoms with Crippen molar-refractivity contribution < 1.29 is 9.59 Å². The highest BCUT2D eigenvalue weighted by Gasteiger charge is 2.18. The van der Waals surface area contributed by atoms with Crippen LogP contribution in [0.4, 0.5) is 5.69 Å². The largest absolute Gasteiger partial charge is 0.351 e. The molecule has 0 saturated heterocycles. The molecule has 0 spiro atoms. The topological polar surface area (TPSA) is 62.3 Å². The fourth-order valence-corrected chi connectivity index (χ4v) is 2.46. The van der Waals surface area contributed by atoms with Crippen LogP contribution in [0.2, 0.25) is 0 Å². The van der Waals surface area contributed by atoms with E-state index in [0.29, 0.717) is 24.6 Å². The average molecular weight is 339 g/mol. The molecule has 132 valence electrons. The van der Waals surface area contributed by atoms with Gasteiger partial charge in [-0.1, -0.05) is 32.0 Å². The van der Waals surface area contributed by atoms with Gasteiger partial charge in [-0.2, -0.15) is 0 Å². The van der Waals surface area contributed by atoms with Crippen LogP contribution in [0.25, 0.3) is 0 Å². The summed E-state index contributed by atoms with van der Waals surface area (Å²) in [4.78, 5) is 30.8. The van der Waals surface area contributed by atoms with Crippen LogP contribution in [0, 0.1) is 5.92 Å². The highest BCUT2D eigenvalue weighted by molar-refractivity contribution is 6.07. The fraction of sp³-hybridized carbons (Fsp3) is 0.350. The first-order valence-electron chi connectivity index (χ1n) is 8.64. The smallest absolute Gasteiger partial charge is 0.269 e. The molecule has 0 aliphatic carbocycles. The molecule has 5 heteroatoms. The molecule has 2 rings (SSSR count). The fourth-order valence-electron chi connectivity index (χ4n) is 2.46. The zero-order chi connectivity index (χ0) is 18.2. The van der Waals surface area contributed by atoms with E-state index in [1.165, 1.54) is 6.20 Å². The van der Waals surface area contributed by atoms with Crippen LogP contribution < -0.4 is 10.2 Å². The number of para-hydroxylation sites is 1. The van der Waals surface area contributed by atoms with Crippen molar-refractivity contribution in [2.24, 2.45) is 5.92 Å². The molecule has 0 atom stereocenters. The second kappa shape index (κ2) is 8.97. The van der Waals surface area contributed by atoms with E-state index in [1.54, 1.807) is 17.0 Å². The van der Waals surface area contributed by atoms with Gasteiger partial charge in [-0.05, 0) is 43.5 Å². The first-order valence-corrected chi connectivity index (χ1v) is 8.64. The molecular weight excluding hydrogens is 314 g/mol. The number of hydrogen-bond donors (Lipinski definition) is 1. The third-order valence-electron chi connectivity index (χ3n) is 3.88. The molecule has 1 N–H and O–H groups in total.